The van der Waals surface area contributed by atoms with Crippen molar-refractivity contribution in [1.29, 1.82) is 0 Å². The number of thioether (sulfide) groups is 1. The van der Waals surface area contributed by atoms with Crippen LogP contribution >= 0.6 is 23.4 Å². The normalized spacial score (nSPS) is 14.3. The summed E-state index contributed by atoms with van der Waals surface area (Å²) in [6.45, 7) is 0.542. The monoisotopic (exact) mass is 436 g/mol. The fourth-order valence-corrected chi connectivity index (χ4v) is 4.55. The summed E-state index contributed by atoms with van der Waals surface area (Å²) >= 11 is 7.48. The first-order valence-corrected chi connectivity index (χ1v) is 11.7. The molecule has 3 rings (SSSR count). The number of rotatable bonds is 9. The summed E-state index contributed by atoms with van der Waals surface area (Å²) in [5.41, 5.74) is 0.760. The lowest BCUT2D eigenvalue weighted by Crippen LogP contribution is -2.25. The summed E-state index contributed by atoms with van der Waals surface area (Å²) in [5, 5.41) is 3.52. The molecule has 5 nitrogen and oxygen atoms in total. The maximum absolute atomic E-state index is 12.1. The van der Waals surface area contributed by atoms with Crippen molar-refractivity contribution in [2.75, 3.05) is 12.3 Å². The van der Waals surface area contributed by atoms with Gasteiger partial charge in [-0.15, -0.1) is 11.8 Å². The molecule has 0 unspecified atom stereocenters. The van der Waals surface area contributed by atoms with Crippen molar-refractivity contribution in [2.24, 2.45) is 0 Å². The van der Waals surface area contributed by atoms with E-state index in [1.807, 2.05) is 24.3 Å². The second-order valence-electron chi connectivity index (χ2n) is 6.39. The van der Waals surface area contributed by atoms with Gasteiger partial charge in [-0.1, -0.05) is 23.7 Å². The standard InChI is InChI=1S/C20H21ClN2O3S2/c21-16-4-8-18(9-5-16)27-14-13-22-20(24)12-3-15-1-10-19(11-2-15)28(25,26)23-17-6-7-17/h1-5,8-12,17,23H,6-7,13-14H2,(H,22,24)/b12-3+. The molecule has 0 aromatic heterocycles. The molecule has 1 saturated carbocycles. The molecule has 1 amide bonds. The topological polar surface area (TPSA) is 75.3 Å². The molecule has 2 N–H and O–H groups in total. The Hall–Kier alpha value is -1.80. The summed E-state index contributed by atoms with van der Waals surface area (Å²) in [4.78, 5) is 13.2. The van der Waals surface area contributed by atoms with Crippen LogP contribution in [-0.2, 0) is 14.8 Å². The lowest BCUT2D eigenvalue weighted by Gasteiger charge is -2.05. The fourth-order valence-electron chi connectivity index (χ4n) is 2.35. The van der Waals surface area contributed by atoms with Crippen LogP contribution in [0.1, 0.15) is 18.4 Å². The number of hydrogen-bond acceptors (Lipinski definition) is 4. The van der Waals surface area contributed by atoms with Crippen molar-refractivity contribution < 1.29 is 13.2 Å². The maximum atomic E-state index is 12.1. The van der Waals surface area contributed by atoms with Gasteiger partial charge in [0.25, 0.3) is 0 Å². The lowest BCUT2D eigenvalue weighted by molar-refractivity contribution is -0.116. The number of nitrogens with one attached hydrogen (secondary N) is 2. The Morgan fingerprint density at radius 1 is 1.11 bits per heavy atom. The second-order valence-corrected chi connectivity index (χ2v) is 9.71. The average Bonchev–Trinajstić information content (AvgIpc) is 3.48. The van der Waals surface area contributed by atoms with E-state index in [4.69, 9.17) is 11.6 Å². The molecule has 2 aromatic carbocycles. The molecule has 0 atom stereocenters. The predicted molar refractivity (Wildman–Crippen MR) is 114 cm³/mol. The van der Waals surface area contributed by atoms with Crippen LogP contribution in [0, 0.1) is 0 Å². The van der Waals surface area contributed by atoms with Gasteiger partial charge in [0.05, 0.1) is 4.90 Å². The van der Waals surface area contributed by atoms with E-state index in [0.717, 1.165) is 29.1 Å². The lowest BCUT2D eigenvalue weighted by atomic mass is 10.2. The smallest absolute Gasteiger partial charge is 0.244 e. The van der Waals surface area contributed by atoms with Gasteiger partial charge < -0.3 is 5.32 Å². The molecule has 1 fully saturated rings. The molecule has 0 heterocycles. The molecule has 0 saturated heterocycles. The van der Waals surface area contributed by atoms with E-state index < -0.39 is 10.0 Å². The van der Waals surface area contributed by atoms with Crippen LogP contribution in [-0.4, -0.2) is 32.7 Å². The van der Waals surface area contributed by atoms with Crippen molar-refractivity contribution in [3.8, 4) is 0 Å². The molecule has 0 radical (unpaired) electrons. The fraction of sp³-hybridized carbons (Fsp3) is 0.250. The first-order chi connectivity index (χ1) is 13.4. The summed E-state index contributed by atoms with van der Waals surface area (Å²) in [5.74, 6) is 0.561. The van der Waals surface area contributed by atoms with E-state index >= 15 is 0 Å². The van der Waals surface area contributed by atoms with Gasteiger partial charge in [-0.2, -0.15) is 0 Å². The zero-order valence-corrected chi connectivity index (χ0v) is 17.5. The number of carbonyl (C=O) groups excluding carboxylic acids is 1. The van der Waals surface area contributed by atoms with Gasteiger partial charge in [0.1, 0.15) is 0 Å². The minimum Gasteiger partial charge on any atom is -0.352 e. The zero-order chi connectivity index (χ0) is 20.0. The van der Waals surface area contributed by atoms with E-state index in [1.165, 1.54) is 6.08 Å². The summed E-state index contributed by atoms with van der Waals surface area (Å²) in [6, 6.07) is 14.1. The number of sulfonamides is 1. The summed E-state index contributed by atoms with van der Waals surface area (Å²) < 4.78 is 26.9. The Kier molecular flexibility index (Phi) is 7.18. The van der Waals surface area contributed by atoms with Crippen molar-refractivity contribution in [1.82, 2.24) is 10.0 Å². The van der Waals surface area contributed by atoms with Gasteiger partial charge in [0.15, 0.2) is 0 Å². The van der Waals surface area contributed by atoms with Crippen molar-refractivity contribution in [3.63, 3.8) is 0 Å². The summed E-state index contributed by atoms with van der Waals surface area (Å²) in [7, 11) is -3.45. The van der Waals surface area contributed by atoms with E-state index in [0.29, 0.717) is 11.6 Å². The largest absolute Gasteiger partial charge is 0.352 e. The third kappa shape index (κ3) is 6.67. The Balaban J connectivity index is 1.42. The Bertz CT molecular complexity index is 938. The predicted octanol–water partition coefficient (Wildman–Crippen LogP) is 3.70. The van der Waals surface area contributed by atoms with Crippen LogP contribution in [0.15, 0.2) is 64.4 Å². The van der Waals surface area contributed by atoms with Crippen LogP contribution in [0.5, 0.6) is 0 Å². The highest BCUT2D eigenvalue weighted by Crippen LogP contribution is 2.22. The molecule has 0 spiro atoms. The van der Waals surface area contributed by atoms with Crippen LogP contribution in [0.4, 0.5) is 0 Å². The Labute approximate surface area is 174 Å². The number of halogens is 1. The minimum absolute atomic E-state index is 0.0751. The highest BCUT2D eigenvalue weighted by atomic mass is 35.5. The maximum Gasteiger partial charge on any atom is 0.244 e. The highest BCUT2D eigenvalue weighted by Gasteiger charge is 2.27. The average molecular weight is 437 g/mol. The van der Waals surface area contributed by atoms with E-state index in [1.54, 1.807) is 42.1 Å². The van der Waals surface area contributed by atoms with Crippen LogP contribution in [0.3, 0.4) is 0 Å². The number of carbonyl (C=O) groups is 1. The molecule has 2 aromatic rings. The third-order valence-corrected chi connectivity index (χ3v) is 6.80. The molecule has 1 aliphatic rings. The van der Waals surface area contributed by atoms with Crippen molar-refractivity contribution >= 4 is 45.4 Å². The van der Waals surface area contributed by atoms with Gasteiger partial charge in [-0.3, -0.25) is 4.79 Å². The molecular formula is C20H21ClN2O3S2. The molecular weight excluding hydrogens is 416 g/mol. The highest BCUT2D eigenvalue weighted by molar-refractivity contribution is 7.99. The van der Waals surface area contributed by atoms with Crippen molar-refractivity contribution in [3.05, 3.63) is 65.2 Å². The first kappa shape index (κ1) is 20.9. The van der Waals surface area contributed by atoms with Crippen LogP contribution in [0.2, 0.25) is 5.02 Å². The molecule has 0 aliphatic heterocycles. The Morgan fingerprint density at radius 3 is 2.43 bits per heavy atom. The second kappa shape index (κ2) is 9.60. The Morgan fingerprint density at radius 2 is 1.79 bits per heavy atom. The number of amides is 1. The third-order valence-electron chi connectivity index (χ3n) is 4.00. The summed E-state index contributed by atoms with van der Waals surface area (Å²) in [6.07, 6.45) is 4.89. The van der Waals surface area contributed by atoms with Gasteiger partial charge in [-0.05, 0) is 60.9 Å². The molecule has 8 heteroatoms. The quantitative estimate of drug-likeness (QED) is 0.357. The SMILES string of the molecule is O=C(/C=C/c1ccc(S(=O)(=O)NC2CC2)cc1)NCCSc1ccc(Cl)cc1. The molecule has 28 heavy (non-hydrogen) atoms. The number of benzene rings is 2. The van der Waals surface area contributed by atoms with Gasteiger partial charge in [-0.25, -0.2) is 13.1 Å². The molecule has 148 valence electrons. The van der Waals surface area contributed by atoms with E-state index in [9.17, 15) is 13.2 Å². The van der Waals surface area contributed by atoms with E-state index in [-0.39, 0.29) is 16.8 Å². The van der Waals surface area contributed by atoms with Gasteiger partial charge in [0.2, 0.25) is 15.9 Å². The minimum atomic E-state index is -3.45. The molecule has 1 aliphatic carbocycles. The van der Waals surface area contributed by atoms with Crippen LogP contribution < -0.4 is 10.0 Å². The van der Waals surface area contributed by atoms with Crippen molar-refractivity contribution in [2.45, 2.75) is 28.7 Å². The number of hydrogen-bond donors (Lipinski definition) is 2. The first-order valence-electron chi connectivity index (χ1n) is 8.89. The van der Waals surface area contributed by atoms with Gasteiger partial charge in [0, 0.05) is 34.3 Å². The van der Waals surface area contributed by atoms with Gasteiger partial charge >= 0.3 is 0 Å². The molecule has 0 bridgehead atoms. The van der Waals surface area contributed by atoms with E-state index in [2.05, 4.69) is 10.0 Å². The zero-order valence-electron chi connectivity index (χ0n) is 15.1. The van der Waals surface area contributed by atoms with Crippen LogP contribution in [0.25, 0.3) is 6.08 Å².